The number of benzene rings is 2. The number of alkyl halides is 3. The molecule has 1 amide bonds. The number of carbonyl (C=O) groups is 1. The molecule has 0 aliphatic heterocycles. The van der Waals surface area contributed by atoms with Crippen molar-refractivity contribution in [3.8, 4) is 0 Å². The molecular weight excluding hydrogens is 341 g/mol. The summed E-state index contributed by atoms with van der Waals surface area (Å²) < 4.78 is 36.5. The van der Waals surface area contributed by atoms with Crippen molar-refractivity contribution in [3.05, 3.63) is 65.7 Å². The second-order valence-electron chi connectivity index (χ2n) is 5.67. The topological polar surface area (TPSA) is 32.3 Å². The van der Waals surface area contributed by atoms with Gasteiger partial charge in [0.1, 0.15) is 0 Å². The van der Waals surface area contributed by atoms with Crippen LogP contribution >= 0.6 is 0 Å². The van der Waals surface area contributed by atoms with E-state index in [0.29, 0.717) is 16.8 Å². The van der Waals surface area contributed by atoms with Gasteiger partial charge in [-0.15, -0.1) is 0 Å². The van der Waals surface area contributed by atoms with Crippen molar-refractivity contribution in [2.24, 2.45) is 0 Å². The molecule has 138 valence electrons. The van der Waals surface area contributed by atoms with Crippen molar-refractivity contribution >= 4 is 23.4 Å². The predicted octanol–water partition coefficient (Wildman–Crippen LogP) is 5.36. The van der Waals surface area contributed by atoms with Gasteiger partial charge in [-0.3, -0.25) is 4.79 Å². The fourth-order valence-corrected chi connectivity index (χ4v) is 2.48. The van der Waals surface area contributed by atoms with E-state index in [4.69, 9.17) is 0 Å². The number of nitrogens with zero attached hydrogens (tertiary/aromatic N) is 1. The summed E-state index contributed by atoms with van der Waals surface area (Å²) in [5.74, 6) is -0.313. The minimum Gasteiger partial charge on any atom is -0.372 e. The molecule has 0 aliphatic rings. The zero-order chi connectivity index (χ0) is 19.2. The highest BCUT2D eigenvalue weighted by molar-refractivity contribution is 6.04. The van der Waals surface area contributed by atoms with E-state index in [1.165, 1.54) is 24.3 Å². The third-order valence-electron chi connectivity index (χ3n) is 3.89. The minimum atomic E-state index is -4.35. The first-order chi connectivity index (χ1) is 12.3. The average Bonchev–Trinajstić information content (AvgIpc) is 2.62. The molecule has 0 aromatic heterocycles. The van der Waals surface area contributed by atoms with E-state index in [0.717, 1.165) is 24.9 Å². The molecule has 0 atom stereocenters. The van der Waals surface area contributed by atoms with Crippen LogP contribution in [0.2, 0.25) is 0 Å². The molecule has 1 N–H and O–H groups in total. The third kappa shape index (κ3) is 5.65. The summed E-state index contributed by atoms with van der Waals surface area (Å²) in [7, 11) is 0. The van der Waals surface area contributed by atoms with Gasteiger partial charge in [0.2, 0.25) is 0 Å². The Labute approximate surface area is 151 Å². The Morgan fingerprint density at radius 3 is 2.08 bits per heavy atom. The largest absolute Gasteiger partial charge is 0.409 e. The highest BCUT2D eigenvalue weighted by Crippen LogP contribution is 2.20. The van der Waals surface area contributed by atoms with E-state index in [9.17, 15) is 18.0 Å². The van der Waals surface area contributed by atoms with Crippen molar-refractivity contribution in [2.45, 2.75) is 20.0 Å². The van der Waals surface area contributed by atoms with E-state index in [1.54, 1.807) is 0 Å². The lowest BCUT2D eigenvalue weighted by molar-refractivity contribution is -0.0790. The van der Waals surface area contributed by atoms with Gasteiger partial charge in [-0.1, -0.05) is 18.2 Å². The molecule has 0 saturated heterocycles. The van der Waals surface area contributed by atoms with Gasteiger partial charge in [-0.05, 0) is 55.8 Å². The van der Waals surface area contributed by atoms with Gasteiger partial charge in [0.15, 0.2) is 0 Å². The van der Waals surface area contributed by atoms with Crippen molar-refractivity contribution in [3.63, 3.8) is 0 Å². The van der Waals surface area contributed by atoms with Gasteiger partial charge in [-0.2, -0.15) is 13.2 Å². The normalized spacial score (nSPS) is 11.6. The van der Waals surface area contributed by atoms with E-state index in [2.05, 4.69) is 24.1 Å². The Bertz CT molecular complexity index is 746. The monoisotopic (exact) mass is 362 g/mol. The molecule has 0 heterocycles. The summed E-state index contributed by atoms with van der Waals surface area (Å²) in [6.07, 6.45) is -3.22. The maximum absolute atomic E-state index is 12.3. The van der Waals surface area contributed by atoms with Crippen molar-refractivity contribution in [1.82, 2.24) is 0 Å². The summed E-state index contributed by atoms with van der Waals surface area (Å²) in [4.78, 5) is 14.4. The maximum atomic E-state index is 12.3. The summed E-state index contributed by atoms with van der Waals surface area (Å²) in [6, 6.07) is 13.5. The number of allylic oxidation sites excluding steroid dienone is 1. The molecule has 2 aromatic rings. The van der Waals surface area contributed by atoms with E-state index in [-0.39, 0.29) is 12.0 Å². The first-order valence-corrected chi connectivity index (χ1v) is 8.34. The molecule has 0 spiro atoms. The summed E-state index contributed by atoms with van der Waals surface area (Å²) in [5, 5.41) is 2.78. The number of hydrogen-bond acceptors (Lipinski definition) is 2. The number of hydrogen-bond donors (Lipinski definition) is 1. The summed E-state index contributed by atoms with van der Waals surface area (Å²) >= 11 is 0. The van der Waals surface area contributed by atoms with E-state index >= 15 is 0 Å². The number of nitrogens with one attached hydrogen (secondary N) is 1. The molecule has 0 saturated carbocycles. The van der Waals surface area contributed by atoms with Crippen molar-refractivity contribution in [1.29, 1.82) is 0 Å². The molecule has 3 nitrogen and oxygen atoms in total. The molecule has 2 aromatic carbocycles. The molecule has 0 bridgehead atoms. The quantitative estimate of drug-likeness (QED) is 0.750. The zero-order valence-electron chi connectivity index (χ0n) is 14.7. The number of rotatable bonds is 6. The standard InChI is InChI=1S/C20H21F3N2O/c1-3-25(4-2)18-11-9-17(10-12-18)24-19(26)16-7-5-15(6-8-16)13-14-20(21,22)23/h5-14H,3-4H2,1-2H3,(H,24,26). The molecule has 0 fully saturated rings. The van der Waals surface area contributed by atoms with Gasteiger partial charge in [0.25, 0.3) is 5.91 Å². The Morgan fingerprint density at radius 1 is 1.00 bits per heavy atom. The smallest absolute Gasteiger partial charge is 0.372 e. The van der Waals surface area contributed by atoms with Gasteiger partial charge < -0.3 is 10.2 Å². The van der Waals surface area contributed by atoms with Crippen LogP contribution in [0.1, 0.15) is 29.8 Å². The second-order valence-corrected chi connectivity index (χ2v) is 5.67. The number of anilines is 2. The molecule has 0 radical (unpaired) electrons. The molecule has 6 heteroatoms. The van der Waals surface area contributed by atoms with Crippen molar-refractivity contribution < 1.29 is 18.0 Å². The van der Waals surface area contributed by atoms with Gasteiger partial charge >= 0.3 is 6.18 Å². The maximum Gasteiger partial charge on any atom is 0.409 e. The summed E-state index contributed by atoms with van der Waals surface area (Å²) in [5.41, 5.74) is 2.49. The number of carbonyl (C=O) groups excluding carboxylic acids is 1. The first-order valence-electron chi connectivity index (χ1n) is 8.34. The van der Waals surface area contributed by atoms with Crippen LogP contribution in [0, 0.1) is 0 Å². The SMILES string of the molecule is CCN(CC)c1ccc(NC(=O)c2ccc(C=CC(F)(F)F)cc2)cc1. The molecular formula is C20H21F3N2O. The van der Waals surface area contributed by atoms with Crippen LogP contribution in [0.3, 0.4) is 0 Å². The van der Waals surface area contributed by atoms with E-state index in [1.807, 2.05) is 24.3 Å². The van der Waals surface area contributed by atoms with Crippen LogP contribution in [-0.4, -0.2) is 25.2 Å². The predicted molar refractivity (Wildman–Crippen MR) is 99.5 cm³/mol. The first kappa shape index (κ1) is 19.6. The van der Waals surface area contributed by atoms with Crippen LogP contribution < -0.4 is 10.2 Å². The van der Waals surface area contributed by atoms with Gasteiger partial charge in [0.05, 0.1) is 0 Å². The summed E-state index contributed by atoms with van der Waals surface area (Å²) in [6.45, 7) is 5.95. The third-order valence-corrected chi connectivity index (χ3v) is 3.89. The minimum absolute atomic E-state index is 0.166. The Morgan fingerprint density at radius 2 is 1.58 bits per heavy atom. The highest BCUT2D eigenvalue weighted by Gasteiger charge is 2.21. The number of halogens is 3. The van der Waals surface area contributed by atoms with Crippen LogP contribution in [0.5, 0.6) is 0 Å². The van der Waals surface area contributed by atoms with Crippen LogP contribution in [-0.2, 0) is 0 Å². The Kier molecular flexibility index (Phi) is 6.44. The lowest BCUT2D eigenvalue weighted by Crippen LogP contribution is -2.21. The molecule has 26 heavy (non-hydrogen) atoms. The van der Waals surface area contributed by atoms with Crippen LogP contribution in [0.4, 0.5) is 24.5 Å². The number of amides is 1. The zero-order valence-corrected chi connectivity index (χ0v) is 14.7. The molecule has 2 rings (SSSR count). The van der Waals surface area contributed by atoms with Gasteiger partial charge in [0, 0.05) is 36.1 Å². The Balaban J connectivity index is 2.02. The highest BCUT2D eigenvalue weighted by atomic mass is 19.4. The Hall–Kier alpha value is -2.76. The van der Waals surface area contributed by atoms with Crippen LogP contribution in [0.25, 0.3) is 6.08 Å². The second kappa shape index (κ2) is 8.56. The molecule has 0 aliphatic carbocycles. The molecule has 0 unspecified atom stereocenters. The fourth-order valence-electron chi connectivity index (χ4n) is 2.48. The van der Waals surface area contributed by atoms with Crippen molar-refractivity contribution in [2.75, 3.05) is 23.3 Å². The van der Waals surface area contributed by atoms with E-state index < -0.39 is 6.18 Å². The fraction of sp³-hybridized carbons (Fsp3) is 0.250. The van der Waals surface area contributed by atoms with Crippen LogP contribution in [0.15, 0.2) is 54.6 Å². The lowest BCUT2D eigenvalue weighted by atomic mass is 10.1. The lowest BCUT2D eigenvalue weighted by Gasteiger charge is -2.21. The average molecular weight is 362 g/mol. The van der Waals surface area contributed by atoms with Gasteiger partial charge in [-0.25, -0.2) is 0 Å².